The van der Waals surface area contributed by atoms with Crippen LogP contribution in [-0.4, -0.2) is 23.2 Å². The summed E-state index contributed by atoms with van der Waals surface area (Å²) in [5.41, 5.74) is 6.46. The van der Waals surface area contributed by atoms with Gasteiger partial charge in [0.1, 0.15) is 12.4 Å². The summed E-state index contributed by atoms with van der Waals surface area (Å²) in [5, 5.41) is 8.98. The Bertz CT molecular complexity index is 628. The van der Waals surface area contributed by atoms with Gasteiger partial charge in [0.05, 0.1) is 18.4 Å². The fourth-order valence-electron chi connectivity index (χ4n) is 1.62. The Morgan fingerprint density at radius 1 is 1.35 bits per heavy atom. The smallest absolute Gasteiger partial charge is 0.337 e. The summed E-state index contributed by atoms with van der Waals surface area (Å²) in [5.74, 6) is -0.177. The second-order valence-corrected chi connectivity index (χ2v) is 4.01. The molecule has 3 N–H and O–H groups in total. The average molecular weight is 274 g/mol. The van der Waals surface area contributed by atoms with Gasteiger partial charge in [-0.15, -0.1) is 0 Å². The summed E-state index contributed by atoms with van der Waals surface area (Å²) < 4.78 is 10.5. The predicted molar refractivity (Wildman–Crippen MR) is 72.9 cm³/mol. The number of carboxylic acids is 1. The van der Waals surface area contributed by atoms with Crippen LogP contribution in [0, 0.1) is 0 Å². The number of anilines is 1. The lowest BCUT2D eigenvalue weighted by Crippen LogP contribution is -2.04. The monoisotopic (exact) mass is 274 g/mol. The van der Waals surface area contributed by atoms with E-state index in [-0.39, 0.29) is 17.9 Å². The van der Waals surface area contributed by atoms with Gasteiger partial charge < -0.3 is 20.3 Å². The molecule has 0 amide bonds. The first-order chi connectivity index (χ1) is 9.60. The number of aromatic carboxylic acids is 1. The molecule has 2 aromatic rings. The number of nitrogen functional groups attached to an aromatic ring is 1. The van der Waals surface area contributed by atoms with Crippen LogP contribution in [0.15, 0.2) is 36.4 Å². The van der Waals surface area contributed by atoms with Crippen molar-refractivity contribution < 1.29 is 19.4 Å². The van der Waals surface area contributed by atoms with Gasteiger partial charge in [0.25, 0.3) is 0 Å². The predicted octanol–water partition coefficient (Wildman–Crippen LogP) is 1.95. The number of nitrogens with zero attached hydrogens (tertiary/aromatic N) is 1. The lowest BCUT2D eigenvalue weighted by atomic mass is 10.2. The molecule has 0 radical (unpaired) electrons. The number of methoxy groups -OCH3 is 1. The molecule has 1 aromatic carbocycles. The fraction of sp³-hybridized carbons (Fsp3) is 0.143. The molecule has 0 unspecified atom stereocenters. The van der Waals surface area contributed by atoms with Gasteiger partial charge in [0.15, 0.2) is 0 Å². The lowest BCUT2D eigenvalue weighted by molar-refractivity contribution is 0.0697. The molecule has 0 bridgehead atoms. The van der Waals surface area contributed by atoms with Gasteiger partial charge in [-0.3, -0.25) is 0 Å². The summed E-state index contributed by atoms with van der Waals surface area (Å²) in [7, 11) is 1.53. The fourth-order valence-corrected chi connectivity index (χ4v) is 1.62. The van der Waals surface area contributed by atoms with Crippen molar-refractivity contribution in [2.24, 2.45) is 0 Å². The number of carbonyl (C=O) groups is 1. The molecule has 104 valence electrons. The number of ether oxygens (including phenoxy) is 2. The van der Waals surface area contributed by atoms with Crippen molar-refractivity contribution in [3.63, 3.8) is 0 Å². The highest BCUT2D eigenvalue weighted by atomic mass is 16.5. The minimum Gasteiger partial charge on any atom is -0.487 e. The molecule has 1 heterocycles. The Labute approximate surface area is 115 Å². The molecule has 20 heavy (non-hydrogen) atoms. The van der Waals surface area contributed by atoms with Crippen LogP contribution in [0.1, 0.15) is 16.1 Å². The topological polar surface area (TPSA) is 94.7 Å². The highest BCUT2D eigenvalue weighted by molar-refractivity contribution is 5.94. The first-order valence-corrected chi connectivity index (χ1v) is 5.85. The van der Waals surface area contributed by atoms with E-state index in [1.165, 1.54) is 19.2 Å². The number of hydrogen-bond donors (Lipinski definition) is 2. The maximum atomic E-state index is 11.0. The van der Waals surface area contributed by atoms with E-state index in [2.05, 4.69) is 4.98 Å². The molecule has 0 fully saturated rings. The van der Waals surface area contributed by atoms with Gasteiger partial charge in [-0.1, -0.05) is 6.07 Å². The van der Waals surface area contributed by atoms with E-state index in [9.17, 15) is 4.79 Å². The maximum absolute atomic E-state index is 11.0. The zero-order valence-corrected chi connectivity index (χ0v) is 10.9. The number of carboxylic acid groups (broad SMARTS) is 1. The van der Waals surface area contributed by atoms with Crippen LogP contribution < -0.4 is 15.2 Å². The van der Waals surface area contributed by atoms with Crippen molar-refractivity contribution in [1.29, 1.82) is 0 Å². The van der Waals surface area contributed by atoms with Crippen LogP contribution >= 0.6 is 0 Å². The molecule has 0 aliphatic rings. The summed E-state index contributed by atoms with van der Waals surface area (Å²) in [6.45, 7) is 0.209. The van der Waals surface area contributed by atoms with Gasteiger partial charge in [-0.05, 0) is 24.3 Å². The Morgan fingerprint density at radius 2 is 2.15 bits per heavy atom. The largest absolute Gasteiger partial charge is 0.487 e. The Hall–Kier alpha value is -2.76. The van der Waals surface area contributed by atoms with E-state index in [0.717, 1.165) is 0 Å². The van der Waals surface area contributed by atoms with Crippen molar-refractivity contribution in [2.45, 2.75) is 6.61 Å². The maximum Gasteiger partial charge on any atom is 0.337 e. The minimum absolute atomic E-state index is 0.0149. The minimum atomic E-state index is -1.09. The molecule has 1 aromatic heterocycles. The third kappa shape index (κ3) is 3.17. The summed E-state index contributed by atoms with van der Waals surface area (Å²) in [6.07, 6.45) is 0. The Morgan fingerprint density at radius 3 is 2.85 bits per heavy atom. The number of aromatic nitrogens is 1. The molecule has 6 heteroatoms. The number of nitrogens with two attached hydrogens (primary N) is 1. The molecular weight excluding hydrogens is 260 g/mol. The van der Waals surface area contributed by atoms with Gasteiger partial charge in [-0.2, -0.15) is 0 Å². The van der Waals surface area contributed by atoms with Crippen molar-refractivity contribution in [1.82, 2.24) is 4.98 Å². The van der Waals surface area contributed by atoms with Crippen LogP contribution in [0.5, 0.6) is 11.6 Å². The molecule has 0 aliphatic heterocycles. The number of hydrogen-bond acceptors (Lipinski definition) is 5. The summed E-state index contributed by atoms with van der Waals surface area (Å²) in [6, 6.07) is 9.82. The number of rotatable bonds is 5. The highest BCUT2D eigenvalue weighted by Gasteiger charge is 2.09. The molecule has 0 saturated carbocycles. The molecule has 6 nitrogen and oxygen atoms in total. The number of pyridine rings is 1. The average Bonchev–Trinajstić information content (AvgIpc) is 2.46. The second kappa shape index (κ2) is 5.92. The molecular formula is C14H14N2O4. The van der Waals surface area contributed by atoms with Crippen molar-refractivity contribution >= 4 is 11.7 Å². The normalized spacial score (nSPS) is 10.1. The van der Waals surface area contributed by atoms with Crippen molar-refractivity contribution in [2.75, 3.05) is 12.8 Å². The van der Waals surface area contributed by atoms with E-state index < -0.39 is 5.97 Å². The third-order valence-corrected chi connectivity index (χ3v) is 2.63. The quantitative estimate of drug-likeness (QED) is 0.809. The molecule has 2 rings (SSSR count). The van der Waals surface area contributed by atoms with Gasteiger partial charge >= 0.3 is 5.97 Å². The SMILES string of the molecule is COc1cccc(COc2ccc(N)c(C(=O)O)c2)n1. The number of benzene rings is 1. The van der Waals surface area contributed by atoms with Crippen molar-refractivity contribution in [3.8, 4) is 11.6 Å². The molecule has 0 atom stereocenters. The zero-order valence-electron chi connectivity index (χ0n) is 10.9. The summed E-state index contributed by atoms with van der Waals surface area (Å²) in [4.78, 5) is 15.2. The first-order valence-electron chi connectivity index (χ1n) is 5.85. The van der Waals surface area contributed by atoms with Crippen LogP contribution in [0.25, 0.3) is 0 Å². The van der Waals surface area contributed by atoms with Crippen LogP contribution in [0.2, 0.25) is 0 Å². The molecule has 0 spiro atoms. The lowest BCUT2D eigenvalue weighted by Gasteiger charge is -2.08. The van der Waals surface area contributed by atoms with E-state index in [4.69, 9.17) is 20.3 Å². The molecule has 0 saturated heterocycles. The Balaban J connectivity index is 2.10. The van der Waals surface area contributed by atoms with Crippen LogP contribution in [0.4, 0.5) is 5.69 Å². The van der Waals surface area contributed by atoms with Crippen LogP contribution in [-0.2, 0) is 6.61 Å². The molecule has 0 aliphatic carbocycles. The van der Waals surface area contributed by atoms with E-state index >= 15 is 0 Å². The van der Waals surface area contributed by atoms with Gasteiger partial charge in [0, 0.05) is 11.8 Å². The van der Waals surface area contributed by atoms with Gasteiger partial charge in [-0.25, -0.2) is 9.78 Å². The van der Waals surface area contributed by atoms with E-state index in [1.807, 2.05) is 0 Å². The van der Waals surface area contributed by atoms with E-state index in [1.54, 1.807) is 24.3 Å². The first kappa shape index (κ1) is 13.7. The van der Waals surface area contributed by atoms with Gasteiger partial charge in [0.2, 0.25) is 5.88 Å². The standard InChI is InChI=1S/C14H14N2O4/c1-19-13-4-2-3-9(16-13)8-20-10-5-6-12(15)11(7-10)14(17)18/h2-7H,8,15H2,1H3,(H,17,18). The zero-order chi connectivity index (χ0) is 14.5. The second-order valence-electron chi connectivity index (χ2n) is 4.01. The van der Waals surface area contributed by atoms with Crippen LogP contribution in [0.3, 0.4) is 0 Å². The highest BCUT2D eigenvalue weighted by Crippen LogP contribution is 2.20. The summed E-state index contributed by atoms with van der Waals surface area (Å²) >= 11 is 0. The Kier molecular flexibility index (Phi) is 4.05. The van der Waals surface area contributed by atoms with E-state index in [0.29, 0.717) is 17.3 Å². The van der Waals surface area contributed by atoms with Crippen molar-refractivity contribution in [3.05, 3.63) is 47.7 Å². The third-order valence-electron chi connectivity index (χ3n) is 2.63.